The van der Waals surface area contributed by atoms with E-state index < -0.39 is 9.84 Å². The van der Waals surface area contributed by atoms with E-state index in [1.165, 1.54) is 0 Å². The van der Waals surface area contributed by atoms with Gasteiger partial charge in [-0.3, -0.25) is 4.79 Å². The maximum atomic E-state index is 12.3. The van der Waals surface area contributed by atoms with E-state index in [-0.39, 0.29) is 34.5 Å². The summed E-state index contributed by atoms with van der Waals surface area (Å²) >= 11 is 0. The SMILES string of the molecule is CC(C)(C)n1ccnc(NC2CCCS(=O)(=O)C2)c1=O. The molecule has 1 unspecified atom stereocenters. The second-order valence-corrected chi connectivity index (χ2v) is 8.45. The molecule has 1 N–H and O–H groups in total. The predicted octanol–water partition coefficient (Wildman–Crippen LogP) is 0.987. The summed E-state index contributed by atoms with van der Waals surface area (Å²) in [7, 11) is -3.00. The molecule has 1 aromatic rings. The van der Waals surface area contributed by atoms with Gasteiger partial charge in [-0.1, -0.05) is 0 Å². The molecule has 20 heavy (non-hydrogen) atoms. The minimum absolute atomic E-state index is 0.0680. The van der Waals surface area contributed by atoms with Crippen molar-refractivity contribution in [3.05, 3.63) is 22.7 Å². The molecule has 1 aliphatic heterocycles. The fourth-order valence-corrected chi connectivity index (χ4v) is 4.01. The van der Waals surface area contributed by atoms with E-state index >= 15 is 0 Å². The first-order valence-electron chi connectivity index (χ1n) is 6.74. The zero-order chi connectivity index (χ0) is 15.0. The Morgan fingerprint density at radius 2 is 2.10 bits per heavy atom. The van der Waals surface area contributed by atoms with E-state index in [0.29, 0.717) is 6.42 Å². The lowest BCUT2D eigenvalue weighted by Crippen LogP contribution is -2.40. The van der Waals surface area contributed by atoms with E-state index in [0.717, 1.165) is 6.42 Å². The summed E-state index contributed by atoms with van der Waals surface area (Å²) in [6, 6.07) is -0.232. The van der Waals surface area contributed by atoms with Crippen molar-refractivity contribution in [3.63, 3.8) is 0 Å². The average molecular weight is 299 g/mol. The van der Waals surface area contributed by atoms with Crippen LogP contribution in [0.15, 0.2) is 17.2 Å². The monoisotopic (exact) mass is 299 g/mol. The Morgan fingerprint density at radius 3 is 2.70 bits per heavy atom. The fraction of sp³-hybridized carbons (Fsp3) is 0.692. The summed E-state index contributed by atoms with van der Waals surface area (Å²) in [5.41, 5.74) is -0.558. The van der Waals surface area contributed by atoms with Crippen molar-refractivity contribution in [1.82, 2.24) is 9.55 Å². The lowest BCUT2D eigenvalue weighted by atomic mass is 10.1. The molecular formula is C13H21N3O3S. The zero-order valence-electron chi connectivity index (χ0n) is 12.1. The molecule has 2 heterocycles. The van der Waals surface area contributed by atoms with Crippen LogP contribution >= 0.6 is 0 Å². The number of rotatable bonds is 2. The van der Waals surface area contributed by atoms with Crippen LogP contribution in [-0.2, 0) is 15.4 Å². The normalized spacial score (nSPS) is 22.4. The highest BCUT2D eigenvalue weighted by Crippen LogP contribution is 2.16. The number of nitrogens with zero attached hydrogens (tertiary/aromatic N) is 2. The van der Waals surface area contributed by atoms with Gasteiger partial charge in [0.2, 0.25) is 0 Å². The average Bonchev–Trinajstić information content (AvgIpc) is 2.29. The standard InChI is InChI=1S/C13H21N3O3S/c1-13(2,3)16-7-6-14-11(12(16)17)15-10-5-4-8-20(18,19)9-10/h6-7,10H,4-5,8-9H2,1-3H3,(H,14,15). The van der Waals surface area contributed by atoms with Crippen LogP contribution in [-0.4, -0.2) is 35.5 Å². The number of anilines is 1. The summed E-state index contributed by atoms with van der Waals surface area (Å²) in [6.07, 6.45) is 4.57. The highest BCUT2D eigenvalue weighted by atomic mass is 32.2. The van der Waals surface area contributed by atoms with Gasteiger partial charge in [-0.15, -0.1) is 0 Å². The summed E-state index contributed by atoms with van der Waals surface area (Å²) in [5, 5.41) is 2.99. The maximum Gasteiger partial charge on any atom is 0.293 e. The van der Waals surface area contributed by atoms with E-state index in [1.54, 1.807) is 17.0 Å². The van der Waals surface area contributed by atoms with Crippen molar-refractivity contribution in [1.29, 1.82) is 0 Å². The Morgan fingerprint density at radius 1 is 1.40 bits per heavy atom. The van der Waals surface area contributed by atoms with Crippen molar-refractivity contribution in [2.24, 2.45) is 0 Å². The molecule has 0 saturated carbocycles. The van der Waals surface area contributed by atoms with Gasteiger partial charge in [-0.05, 0) is 33.6 Å². The molecule has 1 aliphatic rings. The quantitative estimate of drug-likeness (QED) is 0.880. The lowest BCUT2D eigenvalue weighted by Gasteiger charge is -2.25. The first kappa shape index (κ1) is 15.0. The van der Waals surface area contributed by atoms with Crippen LogP contribution in [0.1, 0.15) is 33.6 Å². The Kier molecular flexibility index (Phi) is 3.90. The summed E-state index contributed by atoms with van der Waals surface area (Å²) in [4.78, 5) is 16.4. The molecule has 1 aromatic heterocycles. The van der Waals surface area contributed by atoms with Gasteiger partial charge in [0.15, 0.2) is 15.7 Å². The fourth-order valence-electron chi connectivity index (χ4n) is 2.37. The summed E-state index contributed by atoms with van der Waals surface area (Å²) in [6.45, 7) is 5.80. The molecule has 2 rings (SSSR count). The highest BCUT2D eigenvalue weighted by Gasteiger charge is 2.26. The van der Waals surface area contributed by atoms with Gasteiger partial charge >= 0.3 is 0 Å². The first-order chi connectivity index (χ1) is 9.19. The van der Waals surface area contributed by atoms with Crippen LogP contribution < -0.4 is 10.9 Å². The first-order valence-corrected chi connectivity index (χ1v) is 8.56. The van der Waals surface area contributed by atoms with Crippen LogP contribution in [0.25, 0.3) is 0 Å². The number of nitrogens with one attached hydrogen (secondary N) is 1. The topological polar surface area (TPSA) is 81.1 Å². The molecule has 0 aromatic carbocycles. The summed E-state index contributed by atoms with van der Waals surface area (Å²) in [5.74, 6) is 0.530. The van der Waals surface area contributed by atoms with E-state index in [1.807, 2.05) is 20.8 Å². The molecule has 112 valence electrons. The van der Waals surface area contributed by atoms with Crippen molar-refractivity contribution in [2.75, 3.05) is 16.8 Å². The van der Waals surface area contributed by atoms with Gasteiger partial charge in [-0.25, -0.2) is 13.4 Å². The van der Waals surface area contributed by atoms with Gasteiger partial charge in [0.05, 0.1) is 11.5 Å². The Hall–Kier alpha value is -1.37. The third-order valence-electron chi connectivity index (χ3n) is 3.37. The number of aromatic nitrogens is 2. The minimum atomic E-state index is -3.00. The molecule has 1 saturated heterocycles. The van der Waals surface area contributed by atoms with Crippen LogP contribution in [0.3, 0.4) is 0 Å². The van der Waals surface area contributed by atoms with Crippen LogP contribution in [0, 0.1) is 0 Å². The van der Waals surface area contributed by atoms with Crippen LogP contribution in [0.2, 0.25) is 0 Å². The second kappa shape index (κ2) is 5.20. The van der Waals surface area contributed by atoms with E-state index in [2.05, 4.69) is 10.3 Å². The number of hydrogen-bond donors (Lipinski definition) is 1. The largest absolute Gasteiger partial charge is 0.362 e. The predicted molar refractivity (Wildman–Crippen MR) is 78.8 cm³/mol. The summed E-state index contributed by atoms with van der Waals surface area (Å²) < 4.78 is 24.8. The van der Waals surface area contributed by atoms with E-state index in [9.17, 15) is 13.2 Å². The molecular weight excluding hydrogens is 278 g/mol. The molecule has 0 bridgehead atoms. The van der Waals surface area contributed by atoms with Gasteiger partial charge in [-0.2, -0.15) is 0 Å². The number of hydrogen-bond acceptors (Lipinski definition) is 5. The van der Waals surface area contributed by atoms with Gasteiger partial charge in [0.1, 0.15) is 0 Å². The molecule has 0 aliphatic carbocycles. The molecule has 1 atom stereocenters. The Labute approximate surface area is 119 Å². The van der Waals surface area contributed by atoms with E-state index in [4.69, 9.17) is 0 Å². The highest BCUT2D eigenvalue weighted by molar-refractivity contribution is 7.91. The smallest absolute Gasteiger partial charge is 0.293 e. The maximum absolute atomic E-state index is 12.3. The third kappa shape index (κ3) is 3.39. The zero-order valence-corrected chi connectivity index (χ0v) is 12.9. The minimum Gasteiger partial charge on any atom is -0.362 e. The van der Waals surface area contributed by atoms with Crippen LogP contribution in [0.5, 0.6) is 0 Å². The van der Waals surface area contributed by atoms with Gasteiger partial charge < -0.3 is 9.88 Å². The lowest BCUT2D eigenvalue weighted by molar-refractivity contribution is 0.383. The Bertz CT molecular complexity index is 644. The Balaban J connectivity index is 2.25. The molecule has 0 spiro atoms. The number of sulfone groups is 1. The van der Waals surface area contributed by atoms with Crippen LogP contribution in [0.4, 0.5) is 5.82 Å². The molecule has 0 radical (unpaired) electrons. The van der Waals surface area contributed by atoms with Crippen molar-refractivity contribution in [3.8, 4) is 0 Å². The molecule has 6 nitrogen and oxygen atoms in total. The molecule has 0 amide bonds. The third-order valence-corrected chi connectivity index (χ3v) is 5.19. The van der Waals surface area contributed by atoms with Gasteiger partial charge in [0.25, 0.3) is 5.56 Å². The van der Waals surface area contributed by atoms with Crippen molar-refractivity contribution in [2.45, 2.75) is 45.2 Å². The molecule has 7 heteroatoms. The van der Waals surface area contributed by atoms with Crippen molar-refractivity contribution >= 4 is 15.7 Å². The second-order valence-electron chi connectivity index (χ2n) is 6.22. The van der Waals surface area contributed by atoms with Crippen molar-refractivity contribution < 1.29 is 8.42 Å². The molecule has 1 fully saturated rings. The van der Waals surface area contributed by atoms with Gasteiger partial charge in [0, 0.05) is 24.0 Å².